The van der Waals surface area contributed by atoms with Crippen LogP contribution in [0, 0.1) is 0 Å². The van der Waals surface area contributed by atoms with E-state index in [2.05, 4.69) is 6.92 Å². The number of hydrogen-bond acceptors (Lipinski definition) is 3. The number of aliphatic hydroxyl groups is 1. The lowest BCUT2D eigenvalue weighted by molar-refractivity contribution is 0.264. The summed E-state index contributed by atoms with van der Waals surface area (Å²) in [6.07, 6.45) is 5.23. The van der Waals surface area contributed by atoms with E-state index in [0.717, 1.165) is 32.1 Å². The van der Waals surface area contributed by atoms with Crippen LogP contribution in [0.25, 0.3) is 0 Å². The lowest BCUT2D eigenvalue weighted by Crippen LogP contribution is -2.35. The van der Waals surface area contributed by atoms with Crippen LogP contribution < -0.4 is 0 Å². The molecule has 5 heteroatoms. The van der Waals surface area contributed by atoms with Gasteiger partial charge >= 0.3 is 0 Å². The molecule has 1 aromatic rings. The highest BCUT2D eigenvalue weighted by atomic mass is 32.2. The van der Waals surface area contributed by atoms with E-state index in [1.807, 2.05) is 12.1 Å². The molecule has 1 aromatic carbocycles. The van der Waals surface area contributed by atoms with Crippen LogP contribution in [0.2, 0.25) is 0 Å². The predicted octanol–water partition coefficient (Wildman–Crippen LogP) is 2.56. The normalized spacial score (nSPS) is 20.0. The molecule has 1 aliphatic rings. The minimum Gasteiger partial charge on any atom is -0.396 e. The van der Waals surface area contributed by atoms with Gasteiger partial charge < -0.3 is 5.11 Å². The molecule has 0 aromatic heterocycles. The van der Waals surface area contributed by atoms with Crippen molar-refractivity contribution in [1.29, 1.82) is 0 Å². The largest absolute Gasteiger partial charge is 0.396 e. The van der Waals surface area contributed by atoms with Gasteiger partial charge in [0.25, 0.3) is 0 Å². The fourth-order valence-electron chi connectivity index (χ4n) is 2.99. The molecule has 1 N–H and O–H groups in total. The van der Waals surface area contributed by atoms with E-state index in [1.165, 1.54) is 5.56 Å². The maximum Gasteiger partial charge on any atom is 0.243 e. The highest BCUT2D eigenvalue weighted by Gasteiger charge is 2.34. The summed E-state index contributed by atoms with van der Waals surface area (Å²) in [5.41, 5.74) is 1.18. The third-order valence-corrected chi connectivity index (χ3v) is 6.05. The number of benzene rings is 1. The summed E-state index contributed by atoms with van der Waals surface area (Å²) in [6.45, 7) is 2.83. The molecule has 21 heavy (non-hydrogen) atoms. The Bertz CT molecular complexity index is 539. The average Bonchev–Trinajstić information content (AvgIpc) is 2.95. The zero-order chi connectivity index (χ0) is 15.3. The van der Waals surface area contributed by atoms with E-state index in [1.54, 1.807) is 16.4 Å². The summed E-state index contributed by atoms with van der Waals surface area (Å²) < 4.78 is 27.1. The highest BCUT2D eigenvalue weighted by Crippen LogP contribution is 2.28. The van der Waals surface area contributed by atoms with Crippen molar-refractivity contribution in [2.45, 2.75) is 56.4 Å². The fourth-order valence-corrected chi connectivity index (χ4v) is 4.72. The van der Waals surface area contributed by atoms with E-state index in [-0.39, 0.29) is 12.6 Å². The summed E-state index contributed by atoms with van der Waals surface area (Å²) in [4.78, 5) is 0.387. The molecule has 0 radical (unpaired) electrons. The third-order valence-electron chi connectivity index (χ3n) is 4.09. The Morgan fingerprint density at radius 3 is 2.62 bits per heavy atom. The van der Waals surface area contributed by atoms with Gasteiger partial charge in [-0.1, -0.05) is 25.5 Å². The van der Waals surface area contributed by atoms with Crippen molar-refractivity contribution in [3.63, 3.8) is 0 Å². The van der Waals surface area contributed by atoms with Crippen LogP contribution >= 0.6 is 0 Å². The number of sulfonamides is 1. The van der Waals surface area contributed by atoms with Gasteiger partial charge in [-0.2, -0.15) is 4.31 Å². The number of aliphatic hydroxyl groups excluding tert-OH is 1. The maximum absolute atomic E-state index is 12.7. The van der Waals surface area contributed by atoms with Crippen LogP contribution in [0.4, 0.5) is 0 Å². The Kier molecular flexibility index (Phi) is 5.79. The van der Waals surface area contributed by atoms with Crippen LogP contribution in [-0.2, 0) is 16.4 Å². The van der Waals surface area contributed by atoms with Gasteiger partial charge in [-0.3, -0.25) is 0 Å². The second-order valence-corrected chi connectivity index (χ2v) is 7.56. The minimum atomic E-state index is -3.40. The molecule has 1 atom stereocenters. The molecule has 1 heterocycles. The van der Waals surface area contributed by atoms with Gasteiger partial charge in [0.05, 0.1) is 4.90 Å². The van der Waals surface area contributed by atoms with Crippen molar-refractivity contribution < 1.29 is 13.5 Å². The maximum atomic E-state index is 12.7. The molecular formula is C16H25NO3S. The van der Waals surface area contributed by atoms with Crippen molar-refractivity contribution in [1.82, 2.24) is 4.31 Å². The Balaban J connectivity index is 2.16. The van der Waals surface area contributed by atoms with E-state index in [4.69, 9.17) is 5.11 Å². The van der Waals surface area contributed by atoms with Gasteiger partial charge in [0.1, 0.15) is 0 Å². The zero-order valence-electron chi connectivity index (χ0n) is 12.7. The lowest BCUT2D eigenvalue weighted by atomic mass is 10.1. The van der Waals surface area contributed by atoms with Crippen LogP contribution in [-0.4, -0.2) is 37.0 Å². The quantitative estimate of drug-likeness (QED) is 0.842. The summed E-state index contributed by atoms with van der Waals surface area (Å²) in [6, 6.07) is 7.31. The summed E-state index contributed by atoms with van der Waals surface area (Å²) in [5, 5.41) is 8.95. The molecular weight excluding hydrogens is 286 g/mol. The molecule has 1 saturated heterocycles. The van der Waals surface area contributed by atoms with Gasteiger partial charge in [0.15, 0.2) is 0 Å². The molecule has 0 spiro atoms. The van der Waals surface area contributed by atoms with Gasteiger partial charge in [0, 0.05) is 19.2 Å². The topological polar surface area (TPSA) is 57.6 Å². The molecule has 1 aliphatic heterocycles. The first-order valence-electron chi connectivity index (χ1n) is 7.81. The van der Waals surface area contributed by atoms with E-state index in [0.29, 0.717) is 17.9 Å². The molecule has 0 saturated carbocycles. The molecule has 2 rings (SSSR count). The number of rotatable bonds is 7. The standard InChI is InChI=1S/C16H25NO3S/c1-2-5-14-8-10-16(11-9-14)21(19,20)17-12-3-6-15(17)7-4-13-18/h8-11,15,18H,2-7,12-13H2,1H3. The molecule has 0 amide bonds. The zero-order valence-corrected chi connectivity index (χ0v) is 13.5. The Morgan fingerprint density at radius 2 is 2.00 bits per heavy atom. The molecule has 0 aliphatic carbocycles. The molecule has 118 valence electrons. The van der Waals surface area contributed by atoms with Crippen LogP contribution in [0.15, 0.2) is 29.2 Å². The van der Waals surface area contributed by atoms with Crippen LogP contribution in [0.1, 0.15) is 44.6 Å². The molecule has 4 nitrogen and oxygen atoms in total. The summed E-state index contributed by atoms with van der Waals surface area (Å²) in [5.74, 6) is 0. The van der Waals surface area contributed by atoms with Gasteiger partial charge in [-0.05, 0) is 49.8 Å². The van der Waals surface area contributed by atoms with Gasteiger partial charge in [-0.25, -0.2) is 8.42 Å². The van der Waals surface area contributed by atoms with Gasteiger partial charge in [0.2, 0.25) is 10.0 Å². The van der Waals surface area contributed by atoms with Crippen molar-refractivity contribution >= 4 is 10.0 Å². The van der Waals surface area contributed by atoms with E-state index < -0.39 is 10.0 Å². The minimum absolute atomic E-state index is 0.0393. The highest BCUT2D eigenvalue weighted by molar-refractivity contribution is 7.89. The van der Waals surface area contributed by atoms with Crippen molar-refractivity contribution in [3.8, 4) is 0 Å². The second kappa shape index (κ2) is 7.38. The fraction of sp³-hybridized carbons (Fsp3) is 0.625. The SMILES string of the molecule is CCCc1ccc(S(=O)(=O)N2CCCC2CCCO)cc1. The van der Waals surface area contributed by atoms with Gasteiger partial charge in [-0.15, -0.1) is 0 Å². The Morgan fingerprint density at radius 1 is 1.29 bits per heavy atom. The molecule has 0 bridgehead atoms. The molecule has 1 unspecified atom stereocenters. The molecule has 1 fully saturated rings. The third kappa shape index (κ3) is 3.84. The number of aryl methyl sites for hydroxylation is 1. The Hall–Kier alpha value is -0.910. The van der Waals surface area contributed by atoms with Crippen LogP contribution in [0.3, 0.4) is 0 Å². The summed E-state index contributed by atoms with van der Waals surface area (Å²) in [7, 11) is -3.40. The monoisotopic (exact) mass is 311 g/mol. The predicted molar refractivity (Wildman–Crippen MR) is 83.7 cm³/mol. The smallest absolute Gasteiger partial charge is 0.243 e. The first-order valence-corrected chi connectivity index (χ1v) is 9.25. The second-order valence-electron chi connectivity index (χ2n) is 5.67. The number of nitrogens with zero attached hydrogens (tertiary/aromatic N) is 1. The summed E-state index contributed by atoms with van der Waals surface area (Å²) >= 11 is 0. The van der Waals surface area contributed by atoms with Crippen molar-refractivity contribution in [3.05, 3.63) is 29.8 Å². The number of hydrogen-bond donors (Lipinski definition) is 1. The Labute approximate surface area is 127 Å². The first kappa shape index (κ1) is 16.5. The van der Waals surface area contributed by atoms with Crippen LogP contribution in [0.5, 0.6) is 0 Å². The first-order chi connectivity index (χ1) is 10.1. The van der Waals surface area contributed by atoms with E-state index >= 15 is 0 Å². The van der Waals surface area contributed by atoms with Crippen molar-refractivity contribution in [2.24, 2.45) is 0 Å². The average molecular weight is 311 g/mol. The van der Waals surface area contributed by atoms with Crippen molar-refractivity contribution in [2.75, 3.05) is 13.2 Å². The van der Waals surface area contributed by atoms with E-state index in [9.17, 15) is 8.42 Å². The lowest BCUT2D eigenvalue weighted by Gasteiger charge is -2.24.